The molecule has 0 saturated heterocycles. The normalized spacial score (nSPS) is 12.4. The maximum absolute atomic E-state index is 12.2. The van der Waals surface area contributed by atoms with Crippen LogP contribution in [0.1, 0.15) is 52.5 Å². The molecule has 0 spiro atoms. The zero-order chi connectivity index (χ0) is 21.6. The number of nitrogens with one attached hydrogen (secondary N) is 1. The number of amides is 1. The van der Waals surface area contributed by atoms with E-state index in [1.807, 2.05) is 12.1 Å². The molecular formula is C19H26N4O6. The van der Waals surface area contributed by atoms with Gasteiger partial charge in [0.1, 0.15) is 22.7 Å². The van der Waals surface area contributed by atoms with E-state index in [2.05, 4.69) is 22.6 Å². The van der Waals surface area contributed by atoms with Crippen molar-refractivity contribution in [1.82, 2.24) is 20.5 Å². The van der Waals surface area contributed by atoms with Crippen LogP contribution in [0.2, 0.25) is 0 Å². The van der Waals surface area contributed by atoms with Crippen molar-refractivity contribution in [3.8, 4) is 0 Å². The largest absolute Gasteiger partial charge is 0.480 e. The van der Waals surface area contributed by atoms with Crippen LogP contribution >= 0.6 is 0 Å². The molecule has 0 aliphatic rings. The summed E-state index contributed by atoms with van der Waals surface area (Å²) in [7, 11) is 0. The van der Waals surface area contributed by atoms with Crippen LogP contribution in [0.25, 0.3) is 11.0 Å². The number of fused-ring (bicyclic) bond motifs is 1. The van der Waals surface area contributed by atoms with E-state index in [0.717, 1.165) is 29.7 Å². The predicted octanol–water partition coefficient (Wildman–Crippen LogP) is 2.10. The van der Waals surface area contributed by atoms with Gasteiger partial charge in [-0.05, 0) is 50.5 Å². The molecule has 0 fully saturated rings. The molecule has 0 saturated carbocycles. The lowest BCUT2D eigenvalue weighted by Gasteiger charge is -2.21. The van der Waals surface area contributed by atoms with E-state index < -0.39 is 36.1 Å². The second kappa shape index (κ2) is 9.35. The highest BCUT2D eigenvalue weighted by Crippen LogP contribution is 2.17. The van der Waals surface area contributed by atoms with Crippen molar-refractivity contribution in [1.29, 1.82) is 0 Å². The molecule has 0 unspecified atom stereocenters. The first-order valence-corrected chi connectivity index (χ1v) is 9.37. The second-order valence-electron chi connectivity index (χ2n) is 7.56. The number of hydrogen-bond acceptors (Lipinski definition) is 7. The molecule has 0 radical (unpaired) electrons. The van der Waals surface area contributed by atoms with Crippen molar-refractivity contribution in [3.05, 3.63) is 23.8 Å². The number of rotatable bonds is 8. The number of aliphatic carboxylic acids is 1. The molecule has 0 aliphatic carbocycles. The Kier molecular flexibility index (Phi) is 7.13. The summed E-state index contributed by atoms with van der Waals surface area (Å²) in [4.78, 5) is 41.5. The summed E-state index contributed by atoms with van der Waals surface area (Å²) in [5, 5.41) is 19.3. The lowest BCUT2D eigenvalue weighted by atomic mass is 10.1. The van der Waals surface area contributed by atoms with Crippen molar-refractivity contribution in [3.63, 3.8) is 0 Å². The van der Waals surface area contributed by atoms with Gasteiger partial charge in [-0.1, -0.05) is 30.3 Å². The minimum absolute atomic E-state index is 0.499. The zero-order valence-corrected chi connectivity index (χ0v) is 17.0. The van der Waals surface area contributed by atoms with Gasteiger partial charge in [-0.15, -0.1) is 5.10 Å². The number of carbonyl (C=O) groups is 3. The first kappa shape index (κ1) is 22.1. The van der Waals surface area contributed by atoms with Crippen LogP contribution in [0.5, 0.6) is 0 Å². The Labute approximate surface area is 168 Å². The quantitative estimate of drug-likeness (QED) is 0.637. The fourth-order valence-electron chi connectivity index (χ4n) is 2.57. The first-order valence-electron chi connectivity index (χ1n) is 9.37. The van der Waals surface area contributed by atoms with Crippen LogP contribution in [-0.4, -0.2) is 49.9 Å². The molecule has 29 heavy (non-hydrogen) atoms. The van der Waals surface area contributed by atoms with E-state index in [9.17, 15) is 19.5 Å². The first-order chi connectivity index (χ1) is 13.6. The Balaban J connectivity index is 2.07. The average molecular weight is 406 g/mol. The SMILES string of the molecule is CCCCc1cccc2c1nnn2OC(=O)C[C@H](NC(=O)OC(C)(C)C)C(=O)O. The van der Waals surface area contributed by atoms with Crippen molar-refractivity contribution in [2.75, 3.05) is 0 Å². The van der Waals surface area contributed by atoms with E-state index >= 15 is 0 Å². The molecule has 2 aromatic rings. The van der Waals surface area contributed by atoms with Crippen molar-refractivity contribution < 1.29 is 29.1 Å². The molecule has 2 N–H and O–H groups in total. The predicted molar refractivity (Wildman–Crippen MR) is 103 cm³/mol. The summed E-state index contributed by atoms with van der Waals surface area (Å²) < 4.78 is 5.02. The summed E-state index contributed by atoms with van der Waals surface area (Å²) >= 11 is 0. The van der Waals surface area contributed by atoms with E-state index in [-0.39, 0.29) is 0 Å². The highest BCUT2D eigenvalue weighted by Gasteiger charge is 2.27. The Morgan fingerprint density at radius 2 is 2.00 bits per heavy atom. The third-order valence-electron chi connectivity index (χ3n) is 3.88. The Morgan fingerprint density at radius 3 is 2.62 bits per heavy atom. The van der Waals surface area contributed by atoms with Gasteiger partial charge in [0.05, 0.1) is 6.42 Å². The van der Waals surface area contributed by atoms with Crippen LogP contribution in [0.15, 0.2) is 18.2 Å². The van der Waals surface area contributed by atoms with Crippen LogP contribution in [0, 0.1) is 0 Å². The van der Waals surface area contributed by atoms with Gasteiger partial charge in [-0.25, -0.2) is 14.4 Å². The molecule has 10 heteroatoms. The Hall–Kier alpha value is -3.17. The number of carboxylic acid groups (broad SMARTS) is 1. The number of alkyl carbamates (subject to hydrolysis) is 1. The second-order valence-corrected chi connectivity index (χ2v) is 7.56. The third kappa shape index (κ3) is 6.44. The van der Waals surface area contributed by atoms with E-state index in [1.54, 1.807) is 26.8 Å². The van der Waals surface area contributed by atoms with Gasteiger partial charge in [-0.3, -0.25) is 0 Å². The summed E-state index contributed by atoms with van der Waals surface area (Å²) in [6.07, 6.45) is 1.29. The summed E-state index contributed by atoms with van der Waals surface area (Å²) in [6, 6.07) is 3.94. The number of ether oxygens (including phenoxy) is 1. The minimum Gasteiger partial charge on any atom is -0.480 e. The lowest BCUT2D eigenvalue weighted by Crippen LogP contribution is -2.45. The molecule has 1 aromatic heterocycles. The number of carbonyl (C=O) groups excluding carboxylic acids is 2. The van der Waals surface area contributed by atoms with Gasteiger partial charge in [0, 0.05) is 0 Å². The average Bonchev–Trinajstić information content (AvgIpc) is 3.01. The fraction of sp³-hybridized carbons (Fsp3) is 0.526. The van der Waals surface area contributed by atoms with Crippen LogP contribution in [0.4, 0.5) is 4.79 Å². The maximum Gasteiger partial charge on any atom is 0.408 e. The van der Waals surface area contributed by atoms with Crippen LogP contribution < -0.4 is 10.2 Å². The Morgan fingerprint density at radius 1 is 1.28 bits per heavy atom. The van der Waals surface area contributed by atoms with Crippen molar-refractivity contribution in [2.24, 2.45) is 0 Å². The highest BCUT2D eigenvalue weighted by molar-refractivity contribution is 5.85. The summed E-state index contributed by atoms with van der Waals surface area (Å²) in [5.74, 6) is -2.28. The maximum atomic E-state index is 12.2. The number of aromatic nitrogens is 3. The highest BCUT2D eigenvalue weighted by atomic mass is 16.7. The molecule has 0 bridgehead atoms. The molecule has 1 heterocycles. The van der Waals surface area contributed by atoms with E-state index in [1.165, 1.54) is 0 Å². The molecule has 0 aliphatic heterocycles. The summed E-state index contributed by atoms with van der Waals surface area (Å²) in [6.45, 7) is 7.01. The van der Waals surface area contributed by atoms with E-state index in [4.69, 9.17) is 9.57 Å². The standard InChI is InChI=1S/C19H26N4O6/c1-5-6-8-12-9-7-10-14-16(12)21-22-23(14)29-15(24)11-13(17(25)26)20-18(27)28-19(2,3)4/h7,9-10,13H,5-6,8,11H2,1-4H3,(H,20,27)(H,25,26)/t13-/m0/s1. The monoisotopic (exact) mass is 406 g/mol. The van der Waals surface area contributed by atoms with Gasteiger partial charge in [0.25, 0.3) is 0 Å². The fourth-order valence-corrected chi connectivity index (χ4v) is 2.57. The zero-order valence-electron chi connectivity index (χ0n) is 17.0. The Bertz CT molecular complexity index is 886. The minimum atomic E-state index is -1.51. The lowest BCUT2D eigenvalue weighted by molar-refractivity contribution is -0.150. The number of unbranched alkanes of at least 4 members (excludes halogenated alkanes) is 1. The van der Waals surface area contributed by atoms with Gasteiger partial charge in [0.15, 0.2) is 0 Å². The van der Waals surface area contributed by atoms with Crippen molar-refractivity contribution in [2.45, 2.75) is 65.0 Å². The van der Waals surface area contributed by atoms with Gasteiger partial charge < -0.3 is 20.0 Å². The van der Waals surface area contributed by atoms with Crippen LogP contribution in [0.3, 0.4) is 0 Å². The van der Waals surface area contributed by atoms with Gasteiger partial charge >= 0.3 is 18.0 Å². The topological polar surface area (TPSA) is 133 Å². The third-order valence-corrected chi connectivity index (χ3v) is 3.88. The molecule has 10 nitrogen and oxygen atoms in total. The summed E-state index contributed by atoms with van der Waals surface area (Å²) in [5.41, 5.74) is 1.30. The number of hydrogen-bond donors (Lipinski definition) is 2. The van der Waals surface area contributed by atoms with Crippen molar-refractivity contribution >= 4 is 29.1 Å². The molecular weight excluding hydrogens is 380 g/mol. The smallest absolute Gasteiger partial charge is 0.408 e. The molecule has 2 rings (SSSR count). The van der Waals surface area contributed by atoms with Crippen LogP contribution in [-0.2, 0) is 20.7 Å². The molecule has 1 aromatic carbocycles. The molecule has 158 valence electrons. The number of carboxylic acids is 1. The molecule has 1 amide bonds. The number of benzene rings is 1. The van der Waals surface area contributed by atoms with Gasteiger partial charge in [0.2, 0.25) is 0 Å². The molecule has 1 atom stereocenters. The van der Waals surface area contributed by atoms with E-state index in [0.29, 0.717) is 11.0 Å². The number of aryl methyl sites for hydroxylation is 1. The van der Waals surface area contributed by atoms with Gasteiger partial charge in [-0.2, -0.15) is 0 Å². The number of nitrogens with zero attached hydrogens (tertiary/aromatic N) is 3.